The molecule has 0 aromatic heterocycles. The molecule has 1 aromatic carbocycles. The Morgan fingerprint density at radius 1 is 1.10 bits per heavy atom. The van der Waals surface area contributed by atoms with Crippen molar-refractivity contribution in [1.29, 1.82) is 0 Å². The Labute approximate surface area is 122 Å². The lowest BCUT2D eigenvalue weighted by Crippen LogP contribution is -2.23. The highest BCUT2D eigenvalue weighted by Gasteiger charge is 2.04. The summed E-state index contributed by atoms with van der Waals surface area (Å²) in [5, 5.41) is 0. The summed E-state index contributed by atoms with van der Waals surface area (Å²) in [5.74, 6) is -0.0940. The van der Waals surface area contributed by atoms with E-state index in [0.717, 1.165) is 19.5 Å². The third kappa shape index (κ3) is 7.95. The average Bonchev–Trinajstić information content (AvgIpc) is 2.46. The molecular weight excluding hydrogens is 250 g/mol. The number of ether oxygens (including phenoxy) is 1. The van der Waals surface area contributed by atoms with E-state index in [4.69, 9.17) is 4.74 Å². The first-order valence-electron chi connectivity index (χ1n) is 7.60. The zero-order valence-corrected chi connectivity index (χ0v) is 12.8. The molecule has 0 aliphatic heterocycles. The Morgan fingerprint density at radius 2 is 1.85 bits per heavy atom. The van der Waals surface area contributed by atoms with E-state index in [2.05, 4.69) is 42.3 Å². The summed E-state index contributed by atoms with van der Waals surface area (Å²) in [6.45, 7) is 4.15. The van der Waals surface area contributed by atoms with E-state index in [1.54, 1.807) is 0 Å². The number of benzene rings is 1. The molecule has 0 amide bonds. The molecule has 0 radical (unpaired) electrons. The summed E-state index contributed by atoms with van der Waals surface area (Å²) >= 11 is 0. The Bertz CT molecular complexity index is 365. The van der Waals surface area contributed by atoms with E-state index in [1.165, 1.54) is 24.8 Å². The van der Waals surface area contributed by atoms with Crippen molar-refractivity contribution >= 4 is 5.97 Å². The monoisotopic (exact) mass is 277 g/mol. The van der Waals surface area contributed by atoms with Crippen LogP contribution < -0.4 is 0 Å². The van der Waals surface area contributed by atoms with Gasteiger partial charge in [0.1, 0.15) is 0 Å². The number of carbonyl (C=O) groups excluding carboxylic acids is 1. The number of carbonyl (C=O) groups is 1. The van der Waals surface area contributed by atoms with Crippen LogP contribution in [0.4, 0.5) is 0 Å². The van der Waals surface area contributed by atoms with Crippen molar-refractivity contribution in [1.82, 2.24) is 4.90 Å². The minimum atomic E-state index is -0.0940. The topological polar surface area (TPSA) is 29.5 Å². The van der Waals surface area contributed by atoms with E-state index in [9.17, 15) is 4.79 Å². The largest absolute Gasteiger partial charge is 0.466 e. The molecule has 0 fully saturated rings. The van der Waals surface area contributed by atoms with E-state index in [0.29, 0.717) is 13.0 Å². The van der Waals surface area contributed by atoms with Gasteiger partial charge in [-0.15, -0.1) is 0 Å². The van der Waals surface area contributed by atoms with Crippen molar-refractivity contribution in [3.8, 4) is 0 Å². The summed E-state index contributed by atoms with van der Waals surface area (Å²) < 4.78 is 4.92. The van der Waals surface area contributed by atoms with Crippen molar-refractivity contribution in [3.63, 3.8) is 0 Å². The Morgan fingerprint density at radius 3 is 2.55 bits per heavy atom. The van der Waals surface area contributed by atoms with Crippen LogP contribution in [0, 0.1) is 0 Å². The van der Waals surface area contributed by atoms with Crippen LogP contribution in [-0.4, -0.2) is 37.6 Å². The third-order valence-corrected chi connectivity index (χ3v) is 3.35. The standard InChI is InChI=1S/C17H27NO2/c1-3-20-17(19)13-15-18(2)14-9-5-8-12-16-10-6-4-7-11-16/h4,6-7,10-11H,3,5,8-9,12-15H2,1-2H3. The summed E-state index contributed by atoms with van der Waals surface area (Å²) in [5.41, 5.74) is 1.42. The zero-order valence-electron chi connectivity index (χ0n) is 12.8. The Hall–Kier alpha value is -1.35. The first-order chi connectivity index (χ1) is 9.72. The zero-order chi connectivity index (χ0) is 14.6. The van der Waals surface area contributed by atoms with Crippen LogP contribution >= 0.6 is 0 Å². The van der Waals surface area contributed by atoms with Crippen molar-refractivity contribution in [2.45, 2.75) is 39.0 Å². The lowest BCUT2D eigenvalue weighted by molar-refractivity contribution is -0.143. The second-order valence-electron chi connectivity index (χ2n) is 5.15. The summed E-state index contributed by atoms with van der Waals surface area (Å²) in [6, 6.07) is 10.6. The average molecular weight is 277 g/mol. The maximum Gasteiger partial charge on any atom is 0.307 e. The maximum absolute atomic E-state index is 11.2. The predicted octanol–water partition coefficient (Wildman–Crippen LogP) is 3.28. The minimum Gasteiger partial charge on any atom is -0.466 e. The summed E-state index contributed by atoms with van der Waals surface area (Å²) in [4.78, 5) is 13.4. The lowest BCUT2D eigenvalue weighted by atomic mass is 10.1. The highest BCUT2D eigenvalue weighted by molar-refractivity contribution is 5.69. The predicted molar refractivity (Wildman–Crippen MR) is 82.7 cm³/mol. The third-order valence-electron chi connectivity index (χ3n) is 3.35. The number of unbranched alkanes of at least 4 members (excludes halogenated alkanes) is 2. The fourth-order valence-corrected chi connectivity index (χ4v) is 2.16. The van der Waals surface area contributed by atoms with Gasteiger partial charge in [-0.2, -0.15) is 0 Å². The molecule has 3 heteroatoms. The highest BCUT2D eigenvalue weighted by atomic mass is 16.5. The molecule has 0 unspecified atom stereocenters. The van der Waals surface area contributed by atoms with Crippen LogP contribution in [0.5, 0.6) is 0 Å². The molecule has 0 spiro atoms. The van der Waals surface area contributed by atoms with Gasteiger partial charge in [0, 0.05) is 6.54 Å². The van der Waals surface area contributed by atoms with Crippen molar-refractivity contribution < 1.29 is 9.53 Å². The summed E-state index contributed by atoms with van der Waals surface area (Å²) in [6.07, 6.45) is 5.31. The minimum absolute atomic E-state index is 0.0940. The van der Waals surface area contributed by atoms with E-state index >= 15 is 0 Å². The van der Waals surface area contributed by atoms with Gasteiger partial charge >= 0.3 is 5.97 Å². The van der Waals surface area contributed by atoms with Crippen molar-refractivity contribution in [2.75, 3.05) is 26.7 Å². The second kappa shape index (κ2) is 10.4. The molecule has 0 heterocycles. The molecule has 0 saturated carbocycles. The highest BCUT2D eigenvalue weighted by Crippen LogP contribution is 2.06. The molecule has 1 rings (SSSR count). The number of nitrogens with zero attached hydrogens (tertiary/aromatic N) is 1. The fraction of sp³-hybridized carbons (Fsp3) is 0.588. The van der Waals surface area contributed by atoms with Gasteiger partial charge in [-0.3, -0.25) is 4.79 Å². The normalized spacial score (nSPS) is 10.8. The van der Waals surface area contributed by atoms with Crippen LogP contribution in [0.15, 0.2) is 30.3 Å². The van der Waals surface area contributed by atoms with E-state index in [1.807, 2.05) is 6.92 Å². The number of esters is 1. The number of rotatable bonds is 10. The van der Waals surface area contributed by atoms with Gasteiger partial charge in [0.2, 0.25) is 0 Å². The molecule has 1 aromatic rings. The molecular formula is C17H27NO2. The number of hydrogen-bond donors (Lipinski definition) is 0. The first kappa shape index (κ1) is 16.7. The molecule has 0 aliphatic carbocycles. The van der Waals surface area contributed by atoms with Gasteiger partial charge in [0.05, 0.1) is 13.0 Å². The number of aryl methyl sites for hydroxylation is 1. The lowest BCUT2D eigenvalue weighted by Gasteiger charge is -2.15. The molecule has 3 nitrogen and oxygen atoms in total. The number of hydrogen-bond acceptors (Lipinski definition) is 3. The molecule has 112 valence electrons. The van der Waals surface area contributed by atoms with Gasteiger partial charge in [0.25, 0.3) is 0 Å². The van der Waals surface area contributed by atoms with Crippen LogP contribution in [0.1, 0.15) is 38.2 Å². The fourth-order valence-electron chi connectivity index (χ4n) is 2.16. The molecule has 0 aliphatic rings. The van der Waals surface area contributed by atoms with Crippen LogP contribution in [0.3, 0.4) is 0 Å². The Kier molecular flexibility index (Phi) is 8.72. The van der Waals surface area contributed by atoms with Crippen LogP contribution in [0.25, 0.3) is 0 Å². The molecule has 0 N–H and O–H groups in total. The van der Waals surface area contributed by atoms with Gasteiger partial charge in [-0.25, -0.2) is 0 Å². The Balaban J connectivity index is 1.99. The quantitative estimate of drug-likeness (QED) is 0.485. The SMILES string of the molecule is CCOC(=O)CCN(C)CCCCCc1ccccc1. The van der Waals surface area contributed by atoms with Gasteiger partial charge in [-0.1, -0.05) is 36.8 Å². The summed E-state index contributed by atoms with van der Waals surface area (Å²) in [7, 11) is 2.07. The van der Waals surface area contributed by atoms with Crippen LogP contribution in [-0.2, 0) is 16.0 Å². The smallest absolute Gasteiger partial charge is 0.307 e. The van der Waals surface area contributed by atoms with Crippen molar-refractivity contribution in [3.05, 3.63) is 35.9 Å². The van der Waals surface area contributed by atoms with Gasteiger partial charge < -0.3 is 9.64 Å². The second-order valence-corrected chi connectivity index (χ2v) is 5.15. The molecule has 20 heavy (non-hydrogen) atoms. The molecule has 0 saturated heterocycles. The first-order valence-corrected chi connectivity index (χ1v) is 7.60. The van der Waals surface area contributed by atoms with Crippen LogP contribution in [0.2, 0.25) is 0 Å². The van der Waals surface area contributed by atoms with Gasteiger partial charge in [-0.05, 0) is 45.3 Å². The molecule has 0 bridgehead atoms. The maximum atomic E-state index is 11.2. The van der Waals surface area contributed by atoms with Gasteiger partial charge in [0.15, 0.2) is 0 Å². The van der Waals surface area contributed by atoms with E-state index < -0.39 is 0 Å². The van der Waals surface area contributed by atoms with Crippen molar-refractivity contribution in [2.24, 2.45) is 0 Å². The molecule has 0 atom stereocenters. The van der Waals surface area contributed by atoms with E-state index in [-0.39, 0.29) is 5.97 Å².